The van der Waals surface area contributed by atoms with Crippen LogP contribution in [-0.4, -0.2) is 36.4 Å². The zero-order valence-electron chi connectivity index (χ0n) is 18.8. The summed E-state index contributed by atoms with van der Waals surface area (Å²) < 4.78 is 63.2. The second kappa shape index (κ2) is 8.64. The molecule has 0 fully saturated rings. The van der Waals surface area contributed by atoms with Crippen LogP contribution in [0.5, 0.6) is 5.88 Å². The Morgan fingerprint density at radius 1 is 1.11 bits per heavy atom. The fourth-order valence-corrected chi connectivity index (χ4v) is 4.22. The molecular formula is C24H20F4N6O. The highest BCUT2D eigenvalue weighted by Gasteiger charge is 2.38. The van der Waals surface area contributed by atoms with Crippen molar-refractivity contribution in [2.75, 3.05) is 7.11 Å². The van der Waals surface area contributed by atoms with Crippen molar-refractivity contribution in [3.05, 3.63) is 82.8 Å². The number of halogens is 4. The van der Waals surface area contributed by atoms with Crippen LogP contribution in [0.4, 0.5) is 17.6 Å². The van der Waals surface area contributed by atoms with Gasteiger partial charge in [0.1, 0.15) is 17.3 Å². The van der Waals surface area contributed by atoms with Gasteiger partial charge in [-0.1, -0.05) is 0 Å². The molecule has 1 aromatic carbocycles. The molecule has 0 aliphatic carbocycles. The molecule has 4 heterocycles. The van der Waals surface area contributed by atoms with E-state index < -0.39 is 23.5 Å². The standard InChI is InChI=1S/C24H20F4N6O/c1-14-12-33(13-29-14)20-7-4-16(30-23(20)35-2)5-8-21-31-22-17(9-10-34(22)32-21)18-11-15(25)3-6-19(18)24(26,27)28/h3-8,11-13,17H,9-10H2,1-2H3. The van der Waals surface area contributed by atoms with Gasteiger partial charge in [-0.05, 0) is 61.4 Å². The highest BCUT2D eigenvalue weighted by Crippen LogP contribution is 2.41. The van der Waals surface area contributed by atoms with E-state index in [1.165, 1.54) is 7.11 Å². The lowest BCUT2D eigenvalue weighted by Gasteiger charge is -2.16. The van der Waals surface area contributed by atoms with Crippen LogP contribution in [0.15, 0.2) is 42.9 Å². The van der Waals surface area contributed by atoms with E-state index in [9.17, 15) is 17.6 Å². The molecule has 180 valence electrons. The molecule has 7 nitrogen and oxygen atoms in total. The van der Waals surface area contributed by atoms with E-state index in [4.69, 9.17) is 4.74 Å². The number of hydrogen-bond donors (Lipinski definition) is 0. The number of fused-ring (bicyclic) bond motifs is 1. The van der Waals surface area contributed by atoms with E-state index in [0.29, 0.717) is 36.2 Å². The normalized spacial score (nSPS) is 15.7. The minimum absolute atomic E-state index is 0.129. The van der Waals surface area contributed by atoms with Crippen LogP contribution in [0.25, 0.3) is 17.8 Å². The third-order valence-corrected chi connectivity index (χ3v) is 5.80. The molecule has 0 radical (unpaired) electrons. The van der Waals surface area contributed by atoms with Gasteiger partial charge in [0.05, 0.1) is 30.4 Å². The van der Waals surface area contributed by atoms with Crippen molar-refractivity contribution in [3.8, 4) is 11.6 Å². The van der Waals surface area contributed by atoms with Gasteiger partial charge in [0.2, 0.25) is 5.88 Å². The quantitative estimate of drug-likeness (QED) is 0.371. The third-order valence-electron chi connectivity index (χ3n) is 5.80. The molecule has 1 aliphatic rings. The van der Waals surface area contributed by atoms with E-state index in [-0.39, 0.29) is 5.56 Å². The highest BCUT2D eigenvalue weighted by atomic mass is 19.4. The topological polar surface area (TPSA) is 70.7 Å². The van der Waals surface area contributed by atoms with Gasteiger partial charge < -0.3 is 9.30 Å². The van der Waals surface area contributed by atoms with Crippen molar-refractivity contribution in [1.29, 1.82) is 0 Å². The van der Waals surface area contributed by atoms with Crippen molar-refractivity contribution in [1.82, 2.24) is 29.3 Å². The van der Waals surface area contributed by atoms with Crippen molar-refractivity contribution < 1.29 is 22.3 Å². The zero-order chi connectivity index (χ0) is 24.7. The monoisotopic (exact) mass is 484 g/mol. The third kappa shape index (κ3) is 4.41. The minimum Gasteiger partial charge on any atom is -0.479 e. The van der Waals surface area contributed by atoms with Crippen molar-refractivity contribution in [3.63, 3.8) is 0 Å². The molecule has 3 aromatic heterocycles. The largest absolute Gasteiger partial charge is 0.479 e. The first-order chi connectivity index (χ1) is 16.7. The summed E-state index contributed by atoms with van der Waals surface area (Å²) in [5, 5.41) is 4.38. The van der Waals surface area contributed by atoms with Gasteiger partial charge in [-0.2, -0.15) is 18.3 Å². The Balaban J connectivity index is 1.42. The number of aryl methyl sites for hydroxylation is 2. The molecule has 0 bridgehead atoms. The fraction of sp³-hybridized carbons (Fsp3) is 0.250. The average Bonchev–Trinajstić information content (AvgIpc) is 3.52. The summed E-state index contributed by atoms with van der Waals surface area (Å²) in [4.78, 5) is 13.1. The van der Waals surface area contributed by atoms with E-state index in [1.54, 1.807) is 33.8 Å². The Bertz CT molecular complexity index is 1420. The molecule has 0 amide bonds. The van der Waals surface area contributed by atoms with E-state index in [0.717, 1.165) is 29.6 Å². The Kier molecular flexibility index (Phi) is 5.62. The van der Waals surface area contributed by atoms with Crippen LogP contribution in [0.3, 0.4) is 0 Å². The van der Waals surface area contributed by atoms with Crippen LogP contribution in [0.1, 0.15) is 46.5 Å². The summed E-state index contributed by atoms with van der Waals surface area (Å²) in [5.74, 6) is -0.328. The van der Waals surface area contributed by atoms with Crippen molar-refractivity contribution in [2.24, 2.45) is 0 Å². The number of imidazole rings is 1. The number of aromatic nitrogens is 6. The van der Waals surface area contributed by atoms with Gasteiger partial charge in [-0.15, -0.1) is 0 Å². The summed E-state index contributed by atoms with van der Waals surface area (Å²) in [6, 6.07) is 6.16. The Hall–Kier alpha value is -4.02. The summed E-state index contributed by atoms with van der Waals surface area (Å²) >= 11 is 0. The molecular weight excluding hydrogens is 464 g/mol. The van der Waals surface area contributed by atoms with Crippen molar-refractivity contribution >= 4 is 12.2 Å². The molecule has 1 atom stereocenters. The van der Waals surface area contributed by atoms with Gasteiger partial charge in [0.15, 0.2) is 5.82 Å². The lowest BCUT2D eigenvalue weighted by Crippen LogP contribution is -2.12. The number of hydrogen-bond acceptors (Lipinski definition) is 5. The molecule has 0 saturated carbocycles. The van der Waals surface area contributed by atoms with E-state index >= 15 is 0 Å². The molecule has 4 aromatic rings. The summed E-state index contributed by atoms with van der Waals surface area (Å²) in [7, 11) is 1.52. The summed E-state index contributed by atoms with van der Waals surface area (Å²) in [6.07, 6.45) is 2.60. The highest BCUT2D eigenvalue weighted by molar-refractivity contribution is 5.65. The molecule has 1 unspecified atom stereocenters. The van der Waals surface area contributed by atoms with Gasteiger partial charge in [-0.3, -0.25) is 0 Å². The maximum absolute atomic E-state index is 13.8. The zero-order valence-corrected chi connectivity index (χ0v) is 18.8. The van der Waals surface area contributed by atoms with Crippen LogP contribution < -0.4 is 4.74 Å². The van der Waals surface area contributed by atoms with Crippen LogP contribution >= 0.6 is 0 Å². The van der Waals surface area contributed by atoms with Crippen LogP contribution in [-0.2, 0) is 12.7 Å². The molecule has 5 rings (SSSR count). The van der Waals surface area contributed by atoms with Gasteiger partial charge in [0, 0.05) is 18.7 Å². The fourth-order valence-electron chi connectivity index (χ4n) is 4.22. The second-order valence-corrected chi connectivity index (χ2v) is 8.14. The number of ether oxygens (including phenoxy) is 1. The van der Waals surface area contributed by atoms with E-state index in [2.05, 4.69) is 20.1 Å². The molecule has 0 saturated heterocycles. The number of benzene rings is 1. The Morgan fingerprint density at radius 3 is 2.66 bits per heavy atom. The van der Waals surface area contributed by atoms with E-state index in [1.807, 2.05) is 19.2 Å². The van der Waals surface area contributed by atoms with Gasteiger partial charge in [-0.25, -0.2) is 24.0 Å². The molecule has 0 spiro atoms. The average molecular weight is 484 g/mol. The maximum atomic E-state index is 13.8. The first kappa shape index (κ1) is 22.8. The predicted molar refractivity (Wildman–Crippen MR) is 119 cm³/mol. The number of nitrogens with zero attached hydrogens (tertiary/aromatic N) is 6. The molecule has 1 aliphatic heterocycles. The van der Waals surface area contributed by atoms with Crippen LogP contribution in [0.2, 0.25) is 0 Å². The second-order valence-electron chi connectivity index (χ2n) is 8.14. The van der Waals surface area contributed by atoms with Crippen LogP contribution in [0, 0.1) is 12.7 Å². The van der Waals surface area contributed by atoms with Crippen molar-refractivity contribution in [2.45, 2.75) is 32.0 Å². The minimum atomic E-state index is -4.59. The number of rotatable bonds is 5. The number of pyridine rings is 1. The number of alkyl halides is 3. The Morgan fingerprint density at radius 2 is 1.94 bits per heavy atom. The number of methoxy groups -OCH3 is 1. The smallest absolute Gasteiger partial charge is 0.416 e. The first-order valence-electron chi connectivity index (χ1n) is 10.8. The molecule has 11 heteroatoms. The Labute approximate surface area is 197 Å². The molecule has 35 heavy (non-hydrogen) atoms. The lowest BCUT2D eigenvalue weighted by atomic mass is 9.92. The maximum Gasteiger partial charge on any atom is 0.416 e. The van der Waals surface area contributed by atoms with Gasteiger partial charge in [0.25, 0.3) is 0 Å². The summed E-state index contributed by atoms with van der Waals surface area (Å²) in [6.45, 7) is 2.27. The van der Waals surface area contributed by atoms with Gasteiger partial charge >= 0.3 is 6.18 Å². The first-order valence-corrected chi connectivity index (χ1v) is 10.8. The SMILES string of the molecule is COc1nc(C=Cc2nc3n(n2)CCC3c2cc(F)ccc2C(F)(F)F)ccc1-n1cnc(C)c1. The molecule has 0 N–H and O–H groups in total. The lowest BCUT2D eigenvalue weighted by molar-refractivity contribution is -0.138. The predicted octanol–water partition coefficient (Wildman–Crippen LogP) is 5.04. The summed E-state index contributed by atoms with van der Waals surface area (Å²) in [5.41, 5.74) is 1.17.